The van der Waals surface area contributed by atoms with Gasteiger partial charge in [0.25, 0.3) is 0 Å². The quantitative estimate of drug-likeness (QED) is 0.838. The van der Waals surface area contributed by atoms with Crippen LogP contribution in [0.3, 0.4) is 0 Å². The average molecular weight is 374 g/mol. The summed E-state index contributed by atoms with van der Waals surface area (Å²) in [5.74, 6) is 0.185. The SMILES string of the molecule is Cc1nn(C)c(C)c1CNCc1cc(Br)ccc1OC(F)F. The van der Waals surface area contributed by atoms with E-state index in [1.165, 1.54) is 6.07 Å². The van der Waals surface area contributed by atoms with Gasteiger partial charge in [0, 0.05) is 41.4 Å². The summed E-state index contributed by atoms with van der Waals surface area (Å²) < 4.78 is 32.1. The summed E-state index contributed by atoms with van der Waals surface area (Å²) in [6, 6.07) is 4.98. The minimum atomic E-state index is -2.83. The molecule has 0 spiro atoms. The van der Waals surface area contributed by atoms with Crippen LogP contribution in [0.2, 0.25) is 0 Å². The molecule has 0 fully saturated rings. The van der Waals surface area contributed by atoms with Gasteiger partial charge in [0.1, 0.15) is 5.75 Å². The molecule has 0 aliphatic rings. The third kappa shape index (κ3) is 4.04. The Kier molecular flexibility index (Phi) is 5.52. The molecule has 0 aliphatic heterocycles. The molecular weight excluding hydrogens is 356 g/mol. The van der Waals surface area contributed by atoms with Crippen LogP contribution in [0, 0.1) is 13.8 Å². The molecule has 1 N–H and O–H groups in total. The molecule has 22 heavy (non-hydrogen) atoms. The van der Waals surface area contributed by atoms with Crippen molar-refractivity contribution in [3.8, 4) is 5.75 Å². The first kappa shape index (κ1) is 16.9. The maximum Gasteiger partial charge on any atom is 0.387 e. The predicted octanol–water partition coefficient (Wildman–Crippen LogP) is 3.69. The Labute approximate surface area is 136 Å². The van der Waals surface area contributed by atoms with Gasteiger partial charge in [0.05, 0.1) is 5.69 Å². The van der Waals surface area contributed by atoms with Crippen molar-refractivity contribution in [3.63, 3.8) is 0 Å². The lowest BCUT2D eigenvalue weighted by atomic mass is 10.1. The van der Waals surface area contributed by atoms with E-state index in [-0.39, 0.29) is 5.75 Å². The second-order valence-corrected chi connectivity index (χ2v) is 5.92. The number of ether oxygens (including phenoxy) is 1. The highest BCUT2D eigenvalue weighted by Crippen LogP contribution is 2.25. The highest BCUT2D eigenvalue weighted by molar-refractivity contribution is 9.10. The molecule has 4 nitrogen and oxygen atoms in total. The predicted molar refractivity (Wildman–Crippen MR) is 84.0 cm³/mol. The number of aromatic nitrogens is 2. The van der Waals surface area contributed by atoms with Gasteiger partial charge in [0.15, 0.2) is 0 Å². The number of aryl methyl sites for hydroxylation is 2. The zero-order valence-corrected chi connectivity index (χ0v) is 14.2. The van der Waals surface area contributed by atoms with Crippen molar-refractivity contribution >= 4 is 15.9 Å². The highest BCUT2D eigenvalue weighted by Gasteiger charge is 2.12. The number of halogens is 3. The van der Waals surface area contributed by atoms with E-state index in [0.29, 0.717) is 18.7 Å². The number of nitrogens with one attached hydrogen (secondary N) is 1. The Morgan fingerprint density at radius 1 is 1.32 bits per heavy atom. The first-order chi connectivity index (χ1) is 10.4. The zero-order chi connectivity index (χ0) is 16.3. The third-order valence-corrected chi connectivity index (χ3v) is 4.01. The molecule has 0 amide bonds. The average Bonchev–Trinajstić information content (AvgIpc) is 2.67. The largest absolute Gasteiger partial charge is 0.434 e. The molecule has 0 bridgehead atoms. The van der Waals surface area contributed by atoms with Crippen molar-refractivity contribution in [2.75, 3.05) is 0 Å². The molecule has 0 saturated carbocycles. The monoisotopic (exact) mass is 373 g/mol. The standard InChI is InChI=1S/C15H18BrF2N3O/c1-9-13(10(2)21(3)20-9)8-19-7-11-6-12(16)4-5-14(11)22-15(17)18/h4-6,15,19H,7-8H2,1-3H3. The van der Waals surface area contributed by atoms with Crippen LogP contribution in [0.15, 0.2) is 22.7 Å². The fourth-order valence-corrected chi connectivity index (χ4v) is 2.70. The first-order valence-corrected chi connectivity index (χ1v) is 7.60. The second-order valence-electron chi connectivity index (χ2n) is 5.01. The maximum absolute atomic E-state index is 12.4. The van der Waals surface area contributed by atoms with Gasteiger partial charge in [-0.2, -0.15) is 13.9 Å². The number of benzene rings is 1. The molecule has 120 valence electrons. The molecule has 0 unspecified atom stereocenters. The van der Waals surface area contributed by atoms with Gasteiger partial charge < -0.3 is 10.1 Å². The molecule has 0 saturated heterocycles. The van der Waals surface area contributed by atoms with E-state index < -0.39 is 6.61 Å². The lowest BCUT2D eigenvalue weighted by Gasteiger charge is -2.12. The van der Waals surface area contributed by atoms with Crippen LogP contribution in [-0.2, 0) is 20.1 Å². The number of rotatable bonds is 6. The summed E-state index contributed by atoms with van der Waals surface area (Å²) in [6.45, 7) is 2.17. The van der Waals surface area contributed by atoms with Crippen LogP contribution in [0.25, 0.3) is 0 Å². The molecule has 7 heteroatoms. The number of hydrogen-bond donors (Lipinski definition) is 1. The summed E-state index contributed by atoms with van der Waals surface area (Å²) in [7, 11) is 1.90. The molecule has 0 aliphatic carbocycles. The molecule has 2 aromatic rings. The Hall–Kier alpha value is -1.47. The Morgan fingerprint density at radius 2 is 2.05 bits per heavy atom. The number of alkyl halides is 2. The van der Waals surface area contributed by atoms with Crippen molar-refractivity contribution < 1.29 is 13.5 Å². The van der Waals surface area contributed by atoms with Crippen molar-refractivity contribution in [3.05, 3.63) is 45.2 Å². The van der Waals surface area contributed by atoms with Crippen molar-refractivity contribution in [1.29, 1.82) is 0 Å². The van der Waals surface area contributed by atoms with Gasteiger partial charge in [-0.25, -0.2) is 0 Å². The van der Waals surface area contributed by atoms with Crippen molar-refractivity contribution in [2.45, 2.75) is 33.5 Å². The topological polar surface area (TPSA) is 39.1 Å². The minimum Gasteiger partial charge on any atom is -0.434 e. The van der Waals surface area contributed by atoms with Gasteiger partial charge in [0.2, 0.25) is 0 Å². The third-order valence-electron chi connectivity index (χ3n) is 3.51. The molecular formula is C15H18BrF2N3O. The van der Waals surface area contributed by atoms with E-state index in [9.17, 15) is 8.78 Å². The minimum absolute atomic E-state index is 0.185. The Bertz CT molecular complexity index is 658. The van der Waals surface area contributed by atoms with Crippen LogP contribution >= 0.6 is 15.9 Å². The van der Waals surface area contributed by atoms with Crippen LogP contribution in [0.1, 0.15) is 22.5 Å². The lowest BCUT2D eigenvalue weighted by molar-refractivity contribution is -0.0505. The Balaban J connectivity index is 2.06. The molecule has 0 radical (unpaired) electrons. The zero-order valence-electron chi connectivity index (χ0n) is 12.7. The summed E-state index contributed by atoms with van der Waals surface area (Å²) in [5.41, 5.74) is 3.84. The van der Waals surface area contributed by atoms with Crippen molar-refractivity contribution in [1.82, 2.24) is 15.1 Å². The van der Waals surface area contributed by atoms with Gasteiger partial charge in [-0.15, -0.1) is 0 Å². The van der Waals surface area contributed by atoms with E-state index in [4.69, 9.17) is 0 Å². The second kappa shape index (κ2) is 7.19. The van der Waals surface area contributed by atoms with Crippen molar-refractivity contribution in [2.24, 2.45) is 7.05 Å². The number of hydrogen-bond acceptors (Lipinski definition) is 3. The molecule has 1 aromatic heterocycles. The van der Waals surface area contributed by atoms with Crippen LogP contribution in [0.5, 0.6) is 5.75 Å². The van der Waals surface area contributed by atoms with Gasteiger partial charge in [-0.05, 0) is 32.0 Å². The summed E-state index contributed by atoms with van der Waals surface area (Å²) in [6.07, 6.45) is 0. The van der Waals surface area contributed by atoms with E-state index in [0.717, 1.165) is 21.4 Å². The number of nitrogens with zero attached hydrogens (tertiary/aromatic N) is 2. The Morgan fingerprint density at radius 3 is 2.64 bits per heavy atom. The van der Waals surface area contributed by atoms with Gasteiger partial charge in [-0.3, -0.25) is 4.68 Å². The summed E-state index contributed by atoms with van der Waals surface area (Å²) in [4.78, 5) is 0. The fourth-order valence-electron chi connectivity index (χ4n) is 2.29. The van der Waals surface area contributed by atoms with E-state index in [1.54, 1.807) is 12.1 Å². The molecule has 1 heterocycles. The lowest BCUT2D eigenvalue weighted by Crippen LogP contribution is -2.15. The first-order valence-electron chi connectivity index (χ1n) is 6.81. The fraction of sp³-hybridized carbons (Fsp3) is 0.400. The smallest absolute Gasteiger partial charge is 0.387 e. The van der Waals surface area contributed by atoms with Crippen LogP contribution < -0.4 is 10.1 Å². The molecule has 2 rings (SSSR count). The maximum atomic E-state index is 12.4. The van der Waals surface area contributed by atoms with E-state index in [1.807, 2.05) is 25.6 Å². The van der Waals surface area contributed by atoms with Crippen LogP contribution in [0.4, 0.5) is 8.78 Å². The van der Waals surface area contributed by atoms with E-state index >= 15 is 0 Å². The molecule has 0 atom stereocenters. The van der Waals surface area contributed by atoms with Gasteiger partial charge in [-0.1, -0.05) is 15.9 Å². The normalized spacial score (nSPS) is 11.2. The van der Waals surface area contributed by atoms with E-state index in [2.05, 4.69) is 31.1 Å². The molecule has 1 aromatic carbocycles. The summed E-state index contributed by atoms with van der Waals surface area (Å²) in [5, 5.41) is 7.61. The summed E-state index contributed by atoms with van der Waals surface area (Å²) >= 11 is 3.34. The van der Waals surface area contributed by atoms with Crippen LogP contribution in [-0.4, -0.2) is 16.4 Å². The highest BCUT2D eigenvalue weighted by atomic mass is 79.9. The van der Waals surface area contributed by atoms with Gasteiger partial charge >= 0.3 is 6.61 Å².